The second-order valence-electron chi connectivity index (χ2n) is 7.43. The summed E-state index contributed by atoms with van der Waals surface area (Å²) in [5.41, 5.74) is 2.17. The van der Waals surface area contributed by atoms with Gasteiger partial charge in [-0.05, 0) is 43.3 Å². The number of halogens is 2. The van der Waals surface area contributed by atoms with Crippen LogP contribution in [0.5, 0.6) is 0 Å². The number of piperazine rings is 1. The summed E-state index contributed by atoms with van der Waals surface area (Å²) in [6.45, 7) is 3.38. The molecule has 4 aromatic rings. The first-order valence-electron chi connectivity index (χ1n) is 9.80. The molecule has 2 aromatic carbocycles. The summed E-state index contributed by atoms with van der Waals surface area (Å²) in [4.78, 5) is 6.95. The highest BCUT2D eigenvalue weighted by atomic mass is 35.5. The first kappa shape index (κ1) is 20.2. The maximum absolute atomic E-state index is 13.2. The van der Waals surface area contributed by atoms with Gasteiger partial charge in [-0.25, -0.2) is 22.3 Å². The van der Waals surface area contributed by atoms with Gasteiger partial charge in [0, 0.05) is 31.6 Å². The van der Waals surface area contributed by atoms with Gasteiger partial charge in [0.05, 0.1) is 16.1 Å². The Kier molecular flexibility index (Phi) is 4.84. The topological polar surface area (TPSA) is 70.8 Å². The van der Waals surface area contributed by atoms with Crippen LogP contribution in [0.25, 0.3) is 16.6 Å². The number of hydrogen-bond acceptors (Lipinski definition) is 5. The predicted octanol–water partition coefficient (Wildman–Crippen LogP) is 3.49. The summed E-state index contributed by atoms with van der Waals surface area (Å²) in [5.74, 6) is 0.287. The van der Waals surface area contributed by atoms with E-state index in [2.05, 4.69) is 10.00 Å². The van der Waals surface area contributed by atoms with Crippen LogP contribution >= 0.6 is 11.6 Å². The molecule has 1 aliphatic rings. The maximum atomic E-state index is 13.2. The van der Waals surface area contributed by atoms with Crippen LogP contribution in [0.15, 0.2) is 53.4 Å². The zero-order chi connectivity index (χ0) is 21.8. The molecule has 0 N–H and O–H groups in total. The van der Waals surface area contributed by atoms with Crippen LogP contribution in [0.4, 0.5) is 10.2 Å². The number of benzene rings is 2. The first-order chi connectivity index (χ1) is 14.9. The number of para-hydroxylation sites is 1. The Balaban J connectivity index is 1.48. The summed E-state index contributed by atoms with van der Waals surface area (Å²) in [7, 11) is -3.68. The molecule has 0 saturated carbocycles. The van der Waals surface area contributed by atoms with Gasteiger partial charge in [-0.3, -0.25) is 0 Å². The minimum atomic E-state index is -3.68. The maximum Gasteiger partial charge on any atom is 0.243 e. The van der Waals surface area contributed by atoms with Gasteiger partial charge in [0.2, 0.25) is 10.0 Å². The molecular weight excluding hydrogens is 441 g/mol. The molecule has 0 radical (unpaired) electrons. The van der Waals surface area contributed by atoms with E-state index in [1.54, 1.807) is 4.52 Å². The van der Waals surface area contributed by atoms with Gasteiger partial charge < -0.3 is 4.90 Å². The second kappa shape index (κ2) is 7.44. The van der Waals surface area contributed by atoms with Crippen LogP contribution < -0.4 is 4.90 Å². The molecule has 0 atom stereocenters. The van der Waals surface area contributed by atoms with Gasteiger partial charge in [-0.1, -0.05) is 23.7 Å². The molecule has 0 spiro atoms. The van der Waals surface area contributed by atoms with Crippen molar-refractivity contribution in [1.29, 1.82) is 0 Å². The fourth-order valence-electron chi connectivity index (χ4n) is 3.91. The fourth-order valence-corrected chi connectivity index (χ4v) is 5.49. The quantitative estimate of drug-likeness (QED) is 0.469. The van der Waals surface area contributed by atoms with Gasteiger partial charge in [0.15, 0.2) is 5.65 Å². The fraction of sp³-hybridized carbons (Fsp3) is 0.238. The summed E-state index contributed by atoms with van der Waals surface area (Å²) in [5, 5.41) is 5.93. The minimum absolute atomic E-state index is 0.0915. The zero-order valence-electron chi connectivity index (χ0n) is 16.7. The van der Waals surface area contributed by atoms with Crippen molar-refractivity contribution in [1.82, 2.24) is 18.9 Å². The van der Waals surface area contributed by atoms with E-state index in [4.69, 9.17) is 16.6 Å². The molecule has 0 aliphatic carbocycles. The van der Waals surface area contributed by atoms with E-state index in [0.717, 1.165) is 28.9 Å². The molecule has 10 heteroatoms. The van der Waals surface area contributed by atoms with Crippen molar-refractivity contribution >= 4 is 44.0 Å². The first-order valence-corrected chi connectivity index (χ1v) is 11.6. The number of aromatic nitrogens is 3. The molecule has 7 nitrogen and oxygen atoms in total. The number of sulfonamides is 1. The molecule has 0 bridgehead atoms. The molecule has 3 heterocycles. The van der Waals surface area contributed by atoms with Crippen LogP contribution in [0.2, 0.25) is 5.02 Å². The highest BCUT2D eigenvalue weighted by Crippen LogP contribution is 2.31. The van der Waals surface area contributed by atoms with Crippen LogP contribution in [-0.4, -0.2) is 53.5 Å². The lowest BCUT2D eigenvalue weighted by Gasteiger charge is -2.35. The summed E-state index contributed by atoms with van der Waals surface area (Å²) in [6.07, 6.45) is 0. The highest BCUT2D eigenvalue weighted by molar-refractivity contribution is 7.89. The van der Waals surface area contributed by atoms with Crippen molar-refractivity contribution in [2.24, 2.45) is 0 Å². The Morgan fingerprint density at radius 1 is 1.00 bits per heavy atom. The lowest BCUT2D eigenvalue weighted by molar-refractivity contribution is 0.384. The molecule has 31 heavy (non-hydrogen) atoms. The highest BCUT2D eigenvalue weighted by Gasteiger charge is 2.30. The monoisotopic (exact) mass is 459 g/mol. The number of aryl methyl sites for hydroxylation is 1. The van der Waals surface area contributed by atoms with Crippen molar-refractivity contribution in [2.45, 2.75) is 11.8 Å². The Hall–Kier alpha value is -2.75. The molecule has 1 fully saturated rings. The third-order valence-electron chi connectivity index (χ3n) is 5.54. The largest absolute Gasteiger partial charge is 0.353 e. The normalized spacial score (nSPS) is 15.8. The van der Waals surface area contributed by atoms with Gasteiger partial charge in [0.1, 0.15) is 16.7 Å². The predicted molar refractivity (Wildman–Crippen MR) is 118 cm³/mol. The van der Waals surface area contributed by atoms with Gasteiger partial charge >= 0.3 is 0 Å². The Morgan fingerprint density at radius 2 is 1.68 bits per heavy atom. The third kappa shape index (κ3) is 3.33. The SMILES string of the molecule is Cc1nn2c(nc(N3CCN(S(=O)(=O)c4ccc(F)cc4)CC3)c3ccccc32)c1Cl. The van der Waals surface area contributed by atoms with Crippen LogP contribution in [0.1, 0.15) is 5.69 Å². The summed E-state index contributed by atoms with van der Waals surface area (Å²) >= 11 is 6.44. The van der Waals surface area contributed by atoms with Crippen LogP contribution in [0, 0.1) is 12.7 Å². The summed E-state index contributed by atoms with van der Waals surface area (Å²) < 4.78 is 42.2. The van der Waals surface area contributed by atoms with E-state index in [1.165, 1.54) is 16.4 Å². The summed E-state index contributed by atoms with van der Waals surface area (Å²) in [6, 6.07) is 12.7. The molecule has 5 rings (SSSR count). The van der Waals surface area contributed by atoms with E-state index < -0.39 is 15.8 Å². The lowest BCUT2D eigenvalue weighted by atomic mass is 10.2. The van der Waals surface area contributed by atoms with Gasteiger partial charge in [-0.2, -0.15) is 9.40 Å². The Morgan fingerprint density at radius 3 is 2.39 bits per heavy atom. The molecule has 1 saturated heterocycles. The van der Waals surface area contributed by atoms with E-state index in [9.17, 15) is 12.8 Å². The molecule has 2 aromatic heterocycles. The van der Waals surface area contributed by atoms with E-state index in [0.29, 0.717) is 42.5 Å². The van der Waals surface area contributed by atoms with Crippen LogP contribution in [-0.2, 0) is 10.0 Å². The van der Waals surface area contributed by atoms with E-state index in [-0.39, 0.29) is 4.90 Å². The number of nitrogens with zero attached hydrogens (tertiary/aromatic N) is 5. The molecule has 160 valence electrons. The Labute approximate surface area is 183 Å². The third-order valence-corrected chi connectivity index (χ3v) is 7.89. The number of anilines is 1. The minimum Gasteiger partial charge on any atom is -0.353 e. The molecule has 0 amide bonds. The number of rotatable bonds is 3. The second-order valence-corrected chi connectivity index (χ2v) is 9.75. The molecule has 1 aliphatic heterocycles. The Bertz CT molecular complexity index is 1400. The van der Waals surface area contributed by atoms with E-state index >= 15 is 0 Å². The van der Waals surface area contributed by atoms with Gasteiger partial charge in [0.25, 0.3) is 0 Å². The molecular formula is C21H19ClFN5O2S. The van der Waals surface area contributed by atoms with Gasteiger partial charge in [-0.15, -0.1) is 0 Å². The lowest BCUT2D eigenvalue weighted by Crippen LogP contribution is -2.49. The smallest absolute Gasteiger partial charge is 0.243 e. The van der Waals surface area contributed by atoms with Crippen molar-refractivity contribution < 1.29 is 12.8 Å². The van der Waals surface area contributed by atoms with Crippen molar-refractivity contribution in [3.8, 4) is 0 Å². The number of hydrogen-bond donors (Lipinski definition) is 0. The number of fused-ring (bicyclic) bond motifs is 3. The average Bonchev–Trinajstić information content (AvgIpc) is 3.07. The molecule has 0 unspecified atom stereocenters. The zero-order valence-corrected chi connectivity index (χ0v) is 18.2. The van der Waals surface area contributed by atoms with E-state index in [1.807, 2.05) is 31.2 Å². The van der Waals surface area contributed by atoms with Crippen LogP contribution in [0.3, 0.4) is 0 Å². The average molecular weight is 460 g/mol. The van der Waals surface area contributed by atoms with Crippen molar-refractivity contribution in [2.75, 3.05) is 31.1 Å². The van der Waals surface area contributed by atoms with Crippen molar-refractivity contribution in [3.05, 3.63) is 65.1 Å². The standard InChI is InChI=1S/C21H19ClFN5O2S/c1-14-19(22)21-24-20(17-4-2-3-5-18(17)28(21)25-14)26-10-12-27(13-11-26)31(29,30)16-8-6-15(23)7-9-16/h2-9H,10-13H2,1H3. The van der Waals surface area contributed by atoms with Crippen molar-refractivity contribution in [3.63, 3.8) is 0 Å².